The minimum Gasteiger partial charge on any atom is -0.381 e. The van der Waals surface area contributed by atoms with Gasteiger partial charge in [0, 0.05) is 19.8 Å². The number of ether oxygens (including phenoxy) is 1. The SMILES string of the molecule is CCCCOCCCNS(=O)(=O)c1ccc2c(c1)CCC2. The van der Waals surface area contributed by atoms with Gasteiger partial charge in [-0.25, -0.2) is 13.1 Å². The van der Waals surface area contributed by atoms with E-state index in [1.165, 1.54) is 11.1 Å². The highest BCUT2D eigenvalue weighted by molar-refractivity contribution is 7.89. The molecule has 118 valence electrons. The first kappa shape index (κ1) is 16.5. The molecule has 0 fully saturated rings. The second-order valence-electron chi connectivity index (χ2n) is 5.50. The van der Waals surface area contributed by atoms with Gasteiger partial charge in [-0.1, -0.05) is 19.4 Å². The van der Waals surface area contributed by atoms with Crippen molar-refractivity contribution in [2.75, 3.05) is 19.8 Å². The Morgan fingerprint density at radius 3 is 2.71 bits per heavy atom. The summed E-state index contributed by atoms with van der Waals surface area (Å²) in [5.74, 6) is 0. The third-order valence-corrected chi connectivity index (χ3v) is 5.24. The second kappa shape index (κ2) is 7.92. The fourth-order valence-corrected chi connectivity index (χ4v) is 3.65. The highest BCUT2D eigenvalue weighted by atomic mass is 32.2. The molecule has 1 aliphatic rings. The summed E-state index contributed by atoms with van der Waals surface area (Å²) in [6.45, 7) is 3.90. The van der Waals surface area contributed by atoms with Crippen LogP contribution in [0.2, 0.25) is 0 Å². The van der Waals surface area contributed by atoms with Crippen molar-refractivity contribution in [3.05, 3.63) is 29.3 Å². The summed E-state index contributed by atoms with van der Waals surface area (Å²) in [5, 5.41) is 0. The molecule has 0 bridgehead atoms. The summed E-state index contributed by atoms with van der Waals surface area (Å²) in [5.41, 5.74) is 2.47. The normalized spacial score (nSPS) is 14.3. The Labute approximate surface area is 127 Å². The summed E-state index contributed by atoms with van der Waals surface area (Å²) < 4.78 is 32.5. The van der Waals surface area contributed by atoms with E-state index in [0.29, 0.717) is 24.5 Å². The Hall–Kier alpha value is -0.910. The summed E-state index contributed by atoms with van der Waals surface area (Å²) in [7, 11) is -3.38. The molecule has 0 saturated carbocycles. The quantitative estimate of drug-likeness (QED) is 0.713. The van der Waals surface area contributed by atoms with E-state index < -0.39 is 10.0 Å². The predicted molar refractivity (Wildman–Crippen MR) is 84.0 cm³/mol. The Bertz CT molecular complexity index is 555. The molecule has 0 aromatic heterocycles. The fourth-order valence-electron chi connectivity index (χ4n) is 2.53. The van der Waals surface area contributed by atoms with Crippen LogP contribution >= 0.6 is 0 Å². The zero-order chi connectivity index (χ0) is 15.1. The van der Waals surface area contributed by atoms with Gasteiger partial charge in [0.05, 0.1) is 4.90 Å². The monoisotopic (exact) mass is 311 g/mol. The van der Waals surface area contributed by atoms with E-state index in [0.717, 1.165) is 38.7 Å². The van der Waals surface area contributed by atoms with E-state index >= 15 is 0 Å². The maximum absolute atomic E-state index is 12.2. The van der Waals surface area contributed by atoms with Gasteiger partial charge in [0.1, 0.15) is 0 Å². The van der Waals surface area contributed by atoms with Crippen LogP contribution in [0.5, 0.6) is 0 Å². The highest BCUT2D eigenvalue weighted by Crippen LogP contribution is 2.24. The van der Waals surface area contributed by atoms with Crippen LogP contribution in [-0.4, -0.2) is 28.2 Å². The largest absolute Gasteiger partial charge is 0.381 e. The minimum atomic E-state index is -3.38. The number of fused-ring (bicyclic) bond motifs is 1. The summed E-state index contributed by atoms with van der Waals surface area (Å²) in [4.78, 5) is 0.384. The molecule has 0 amide bonds. The van der Waals surface area contributed by atoms with Crippen molar-refractivity contribution in [3.63, 3.8) is 0 Å². The number of hydrogen-bond acceptors (Lipinski definition) is 3. The van der Waals surface area contributed by atoms with Crippen LogP contribution in [0.3, 0.4) is 0 Å². The predicted octanol–water partition coefficient (Wildman–Crippen LogP) is 2.66. The van der Waals surface area contributed by atoms with E-state index in [4.69, 9.17) is 4.74 Å². The molecule has 1 N–H and O–H groups in total. The maximum Gasteiger partial charge on any atom is 0.240 e. The van der Waals surface area contributed by atoms with Crippen LogP contribution < -0.4 is 4.72 Å². The van der Waals surface area contributed by atoms with Gasteiger partial charge in [0.15, 0.2) is 0 Å². The van der Waals surface area contributed by atoms with Crippen LogP contribution in [0, 0.1) is 0 Å². The van der Waals surface area contributed by atoms with E-state index in [2.05, 4.69) is 11.6 Å². The lowest BCUT2D eigenvalue weighted by Gasteiger charge is -2.09. The number of sulfonamides is 1. The van der Waals surface area contributed by atoms with E-state index in [9.17, 15) is 8.42 Å². The molecule has 0 spiro atoms. The standard InChI is InChI=1S/C16H25NO3S/c1-2-3-11-20-12-5-10-17-21(18,19)16-9-8-14-6-4-7-15(14)13-16/h8-9,13,17H,2-7,10-12H2,1H3. The molecule has 2 rings (SSSR count). The number of hydrogen-bond donors (Lipinski definition) is 1. The molecule has 21 heavy (non-hydrogen) atoms. The van der Waals surface area contributed by atoms with Crippen LogP contribution in [0.25, 0.3) is 0 Å². The summed E-state index contributed by atoms with van der Waals surface area (Å²) in [6, 6.07) is 5.48. The van der Waals surface area contributed by atoms with Crippen molar-refractivity contribution in [1.82, 2.24) is 4.72 Å². The minimum absolute atomic E-state index is 0.384. The molecule has 0 saturated heterocycles. The smallest absolute Gasteiger partial charge is 0.240 e. The van der Waals surface area contributed by atoms with Crippen molar-refractivity contribution in [2.45, 2.75) is 50.3 Å². The summed E-state index contributed by atoms with van der Waals surface area (Å²) in [6.07, 6.45) is 6.06. The van der Waals surface area contributed by atoms with Gasteiger partial charge in [-0.3, -0.25) is 0 Å². The molecule has 0 radical (unpaired) electrons. The molecule has 4 nitrogen and oxygen atoms in total. The number of nitrogens with one attached hydrogen (secondary N) is 1. The van der Waals surface area contributed by atoms with Crippen molar-refractivity contribution in [1.29, 1.82) is 0 Å². The molecule has 0 heterocycles. The molecular weight excluding hydrogens is 286 g/mol. The van der Waals surface area contributed by atoms with Crippen molar-refractivity contribution in [2.24, 2.45) is 0 Å². The topological polar surface area (TPSA) is 55.4 Å². The zero-order valence-electron chi connectivity index (χ0n) is 12.7. The number of rotatable bonds is 9. The van der Waals surface area contributed by atoms with Crippen LogP contribution in [0.15, 0.2) is 23.1 Å². The molecule has 1 aromatic carbocycles. The van der Waals surface area contributed by atoms with Gasteiger partial charge >= 0.3 is 0 Å². The molecule has 0 atom stereocenters. The van der Waals surface area contributed by atoms with Gasteiger partial charge in [-0.05, 0) is 55.4 Å². The Morgan fingerprint density at radius 2 is 1.90 bits per heavy atom. The number of unbranched alkanes of at least 4 members (excludes halogenated alkanes) is 1. The van der Waals surface area contributed by atoms with Gasteiger partial charge in [0.2, 0.25) is 10.0 Å². The van der Waals surface area contributed by atoms with Crippen molar-refractivity contribution in [3.8, 4) is 0 Å². The van der Waals surface area contributed by atoms with E-state index in [-0.39, 0.29) is 0 Å². The molecule has 0 unspecified atom stereocenters. The van der Waals surface area contributed by atoms with Crippen LogP contribution in [0.1, 0.15) is 43.7 Å². The highest BCUT2D eigenvalue weighted by Gasteiger charge is 2.17. The van der Waals surface area contributed by atoms with Gasteiger partial charge in [0.25, 0.3) is 0 Å². The Kier molecular flexibility index (Phi) is 6.21. The lowest BCUT2D eigenvalue weighted by Crippen LogP contribution is -2.25. The maximum atomic E-state index is 12.2. The second-order valence-corrected chi connectivity index (χ2v) is 7.27. The number of benzene rings is 1. The van der Waals surface area contributed by atoms with Crippen molar-refractivity contribution < 1.29 is 13.2 Å². The van der Waals surface area contributed by atoms with Crippen LogP contribution in [-0.2, 0) is 27.6 Å². The van der Waals surface area contributed by atoms with Gasteiger partial charge < -0.3 is 4.74 Å². The molecule has 5 heteroatoms. The lowest BCUT2D eigenvalue weighted by atomic mass is 10.1. The average molecular weight is 311 g/mol. The molecule has 1 aliphatic carbocycles. The number of aryl methyl sites for hydroxylation is 2. The first-order valence-corrected chi connectivity index (χ1v) is 9.31. The first-order valence-electron chi connectivity index (χ1n) is 7.82. The average Bonchev–Trinajstić information content (AvgIpc) is 2.93. The van der Waals surface area contributed by atoms with Gasteiger partial charge in [-0.2, -0.15) is 0 Å². The van der Waals surface area contributed by atoms with E-state index in [1.54, 1.807) is 6.07 Å². The Morgan fingerprint density at radius 1 is 1.14 bits per heavy atom. The Balaban J connectivity index is 1.79. The van der Waals surface area contributed by atoms with E-state index in [1.807, 2.05) is 12.1 Å². The third kappa shape index (κ3) is 4.80. The first-order chi connectivity index (χ1) is 10.1. The summed E-state index contributed by atoms with van der Waals surface area (Å²) >= 11 is 0. The third-order valence-electron chi connectivity index (χ3n) is 3.78. The van der Waals surface area contributed by atoms with Gasteiger partial charge in [-0.15, -0.1) is 0 Å². The van der Waals surface area contributed by atoms with Crippen LogP contribution in [0.4, 0.5) is 0 Å². The molecule has 1 aromatic rings. The molecular formula is C16H25NO3S. The zero-order valence-corrected chi connectivity index (χ0v) is 13.5. The van der Waals surface area contributed by atoms with Crippen molar-refractivity contribution >= 4 is 10.0 Å². The molecule has 0 aliphatic heterocycles. The lowest BCUT2D eigenvalue weighted by molar-refractivity contribution is 0.130. The fraction of sp³-hybridized carbons (Fsp3) is 0.625.